The third-order valence-corrected chi connectivity index (χ3v) is 7.93. The molecule has 0 aromatic heterocycles. The molecule has 2 aliphatic rings. The largest absolute Gasteiger partial charge is 0.379 e. The first kappa shape index (κ1) is 21.8. The van der Waals surface area contributed by atoms with Crippen LogP contribution in [0.15, 0.2) is 41.3 Å². The van der Waals surface area contributed by atoms with Crippen molar-refractivity contribution < 1.29 is 17.9 Å². The van der Waals surface area contributed by atoms with Gasteiger partial charge in [-0.3, -0.25) is 4.79 Å². The molecule has 8 heteroatoms. The predicted molar refractivity (Wildman–Crippen MR) is 121 cm³/mol. The fourth-order valence-electron chi connectivity index (χ4n) is 4.02. The van der Waals surface area contributed by atoms with Crippen LogP contribution in [0.1, 0.15) is 34.3 Å². The van der Waals surface area contributed by atoms with Gasteiger partial charge in [-0.15, -0.1) is 0 Å². The second-order valence-corrected chi connectivity index (χ2v) is 10.1. The summed E-state index contributed by atoms with van der Waals surface area (Å²) in [5, 5.41) is 2.98. The molecule has 2 aromatic carbocycles. The zero-order valence-corrected chi connectivity index (χ0v) is 18.9. The van der Waals surface area contributed by atoms with E-state index in [4.69, 9.17) is 4.74 Å². The van der Waals surface area contributed by atoms with Crippen LogP contribution >= 0.6 is 0 Å². The SMILES string of the molecule is Cc1ccc(C(=O)Nc2cc(S(=O)(=O)N3CCOCC3)ccc2N2CCCC2)cc1C. The summed E-state index contributed by atoms with van der Waals surface area (Å²) in [6, 6.07) is 10.6. The van der Waals surface area contributed by atoms with E-state index >= 15 is 0 Å². The van der Waals surface area contributed by atoms with Crippen molar-refractivity contribution in [2.24, 2.45) is 0 Å². The number of anilines is 2. The average Bonchev–Trinajstić information content (AvgIpc) is 3.31. The topological polar surface area (TPSA) is 79.0 Å². The summed E-state index contributed by atoms with van der Waals surface area (Å²) in [6.45, 7) is 7.20. The second kappa shape index (κ2) is 8.98. The molecule has 2 fully saturated rings. The molecule has 0 spiro atoms. The molecule has 2 saturated heterocycles. The van der Waals surface area contributed by atoms with Crippen LogP contribution in [0.4, 0.5) is 11.4 Å². The van der Waals surface area contributed by atoms with Gasteiger partial charge < -0.3 is 15.0 Å². The zero-order chi connectivity index (χ0) is 22.0. The quantitative estimate of drug-likeness (QED) is 0.768. The van der Waals surface area contributed by atoms with E-state index in [1.54, 1.807) is 18.2 Å². The minimum Gasteiger partial charge on any atom is -0.379 e. The van der Waals surface area contributed by atoms with Crippen molar-refractivity contribution in [1.82, 2.24) is 4.31 Å². The molecule has 0 bridgehead atoms. The van der Waals surface area contributed by atoms with Gasteiger partial charge in [0, 0.05) is 31.7 Å². The van der Waals surface area contributed by atoms with Crippen LogP contribution in [0.25, 0.3) is 0 Å². The lowest BCUT2D eigenvalue weighted by Crippen LogP contribution is -2.40. The number of benzene rings is 2. The Morgan fingerprint density at radius 3 is 2.32 bits per heavy atom. The van der Waals surface area contributed by atoms with Crippen LogP contribution in [0.3, 0.4) is 0 Å². The molecule has 4 rings (SSSR count). The Bertz CT molecular complexity index is 1070. The number of morpholine rings is 1. The Labute approximate surface area is 184 Å². The molecule has 1 N–H and O–H groups in total. The van der Waals surface area contributed by atoms with Gasteiger partial charge in [-0.2, -0.15) is 4.31 Å². The van der Waals surface area contributed by atoms with Crippen molar-refractivity contribution in [2.45, 2.75) is 31.6 Å². The lowest BCUT2D eigenvalue weighted by Gasteiger charge is -2.27. The normalized spacial score (nSPS) is 17.7. The van der Waals surface area contributed by atoms with Crippen molar-refractivity contribution >= 4 is 27.3 Å². The lowest BCUT2D eigenvalue weighted by atomic mass is 10.1. The molecular formula is C23H29N3O4S. The van der Waals surface area contributed by atoms with Gasteiger partial charge in [0.15, 0.2) is 0 Å². The summed E-state index contributed by atoms with van der Waals surface area (Å²) in [7, 11) is -3.65. The van der Waals surface area contributed by atoms with Gasteiger partial charge in [-0.25, -0.2) is 8.42 Å². The molecule has 7 nitrogen and oxygen atoms in total. The van der Waals surface area contributed by atoms with Gasteiger partial charge >= 0.3 is 0 Å². The number of nitrogens with one attached hydrogen (secondary N) is 1. The van der Waals surface area contributed by atoms with Gasteiger partial charge in [-0.05, 0) is 68.1 Å². The van der Waals surface area contributed by atoms with Crippen LogP contribution in [-0.2, 0) is 14.8 Å². The highest BCUT2D eigenvalue weighted by atomic mass is 32.2. The van der Waals surface area contributed by atoms with Crippen LogP contribution in [0.2, 0.25) is 0 Å². The summed E-state index contributed by atoms with van der Waals surface area (Å²) >= 11 is 0. The molecule has 2 aromatic rings. The number of rotatable bonds is 5. The van der Waals surface area contributed by atoms with E-state index in [0.717, 1.165) is 42.7 Å². The van der Waals surface area contributed by atoms with Gasteiger partial charge in [0.25, 0.3) is 5.91 Å². The summed E-state index contributed by atoms with van der Waals surface area (Å²) in [5.41, 5.74) is 4.09. The van der Waals surface area contributed by atoms with E-state index < -0.39 is 10.0 Å². The number of hydrogen-bond donors (Lipinski definition) is 1. The number of ether oxygens (including phenoxy) is 1. The number of aryl methyl sites for hydroxylation is 2. The van der Waals surface area contributed by atoms with E-state index in [1.165, 1.54) is 4.31 Å². The predicted octanol–water partition coefficient (Wildman–Crippen LogP) is 3.18. The standard InChI is InChI=1S/C23H29N3O4S/c1-17-5-6-19(15-18(17)2)23(27)24-21-16-20(7-8-22(21)25-9-3-4-10-25)31(28,29)26-11-13-30-14-12-26/h5-8,15-16H,3-4,9-14H2,1-2H3,(H,24,27). The minimum absolute atomic E-state index is 0.188. The van der Waals surface area contributed by atoms with E-state index in [0.29, 0.717) is 37.6 Å². The molecule has 2 aliphatic heterocycles. The highest BCUT2D eigenvalue weighted by molar-refractivity contribution is 7.89. The van der Waals surface area contributed by atoms with Gasteiger partial charge in [0.2, 0.25) is 10.0 Å². The summed E-state index contributed by atoms with van der Waals surface area (Å²) in [4.78, 5) is 15.4. The smallest absolute Gasteiger partial charge is 0.255 e. The first-order chi connectivity index (χ1) is 14.9. The first-order valence-corrected chi connectivity index (χ1v) is 12.2. The van der Waals surface area contributed by atoms with Crippen molar-refractivity contribution in [2.75, 3.05) is 49.6 Å². The maximum Gasteiger partial charge on any atom is 0.255 e. The summed E-state index contributed by atoms with van der Waals surface area (Å²) in [6.07, 6.45) is 2.16. The van der Waals surface area contributed by atoms with Gasteiger partial charge in [0.1, 0.15) is 0 Å². The molecule has 0 saturated carbocycles. The fourth-order valence-corrected chi connectivity index (χ4v) is 5.46. The number of sulfonamides is 1. The van der Waals surface area contributed by atoms with E-state index in [9.17, 15) is 13.2 Å². The molecule has 0 radical (unpaired) electrons. The number of amides is 1. The van der Waals surface area contributed by atoms with Crippen LogP contribution in [0, 0.1) is 13.8 Å². The number of hydrogen-bond acceptors (Lipinski definition) is 5. The maximum atomic E-state index is 13.2. The van der Waals surface area contributed by atoms with Gasteiger partial charge in [-0.1, -0.05) is 6.07 Å². The zero-order valence-electron chi connectivity index (χ0n) is 18.1. The molecule has 0 aliphatic carbocycles. The highest BCUT2D eigenvalue weighted by Gasteiger charge is 2.28. The molecule has 166 valence electrons. The third-order valence-electron chi connectivity index (χ3n) is 6.04. The van der Waals surface area contributed by atoms with Crippen molar-refractivity contribution in [3.05, 3.63) is 53.1 Å². The van der Waals surface area contributed by atoms with Crippen molar-refractivity contribution in [3.63, 3.8) is 0 Å². The highest BCUT2D eigenvalue weighted by Crippen LogP contribution is 2.33. The van der Waals surface area contributed by atoms with E-state index in [1.807, 2.05) is 32.0 Å². The molecule has 1 amide bonds. The second-order valence-electron chi connectivity index (χ2n) is 8.14. The summed E-state index contributed by atoms with van der Waals surface area (Å²) in [5.74, 6) is -0.246. The Kier molecular flexibility index (Phi) is 6.31. The van der Waals surface area contributed by atoms with Crippen molar-refractivity contribution in [3.8, 4) is 0 Å². The minimum atomic E-state index is -3.65. The van der Waals surface area contributed by atoms with E-state index in [2.05, 4.69) is 10.2 Å². The number of carbonyl (C=O) groups is 1. The Morgan fingerprint density at radius 1 is 0.935 bits per heavy atom. The molecular weight excluding hydrogens is 414 g/mol. The lowest BCUT2D eigenvalue weighted by molar-refractivity contribution is 0.0730. The summed E-state index contributed by atoms with van der Waals surface area (Å²) < 4.78 is 33.0. The molecule has 2 heterocycles. The molecule has 0 atom stereocenters. The molecule has 31 heavy (non-hydrogen) atoms. The van der Waals surface area contributed by atoms with Crippen LogP contribution in [0.5, 0.6) is 0 Å². The number of carbonyl (C=O) groups excluding carboxylic acids is 1. The van der Waals surface area contributed by atoms with Crippen LogP contribution in [-0.4, -0.2) is 58.0 Å². The average molecular weight is 444 g/mol. The van der Waals surface area contributed by atoms with Crippen molar-refractivity contribution in [1.29, 1.82) is 0 Å². The Morgan fingerprint density at radius 2 is 1.65 bits per heavy atom. The third kappa shape index (κ3) is 4.61. The van der Waals surface area contributed by atoms with Crippen LogP contribution < -0.4 is 10.2 Å². The number of nitrogens with zero attached hydrogens (tertiary/aromatic N) is 2. The maximum absolute atomic E-state index is 13.2. The fraction of sp³-hybridized carbons (Fsp3) is 0.435. The van der Waals surface area contributed by atoms with E-state index in [-0.39, 0.29) is 10.8 Å². The van der Waals surface area contributed by atoms with Gasteiger partial charge in [0.05, 0.1) is 29.5 Å². The Hall–Kier alpha value is -2.42. The first-order valence-electron chi connectivity index (χ1n) is 10.7. The molecule has 0 unspecified atom stereocenters. The Balaban J connectivity index is 1.68. The monoisotopic (exact) mass is 443 g/mol.